The first-order valence-corrected chi connectivity index (χ1v) is 5.77. The summed E-state index contributed by atoms with van der Waals surface area (Å²) in [6.07, 6.45) is 0.234. The molecule has 0 aliphatic rings. The highest BCUT2D eigenvalue weighted by Gasteiger charge is 2.16. The van der Waals surface area contributed by atoms with Gasteiger partial charge in [-0.3, -0.25) is 4.79 Å². The third kappa shape index (κ3) is 4.82. The number of aldehydes is 1. The van der Waals surface area contributed by atoms with E-state index in [1.54, 1.807) is 6.07 Å². The van der Waals surface area contributed by atoms with E-state index < -0.39 is 3.79 Å². The maximum atomic E-state index is 9.43. The molecule has 2 rings (SSSR count). The van der Waals surface area contributed by atoms with E-state index in [9.17, 15) is 9.90 Å². The van der Waals surface area contributed by atoms with Gasteiger partial charge in [0.15, 0.2) is 6.29 Å². The van der Waals surface area contributed by atoms with Crippen LogP contribution in [0.1, 0.15) is 0 Å². The van der Waals surface area contributed by atoms with Crippen molar-refractivity contribution in [2.75, 3.05) is 0 Å². The summed E-state index contributed by atoms with van der Waals surface area (Å²) in [5.41, 5.74) is 0. The number of alkyl halides is 3. The zero-order valence-electron chi connectivity index (χ0n) is 8.61. The zero-order chi connectivity index (χ0) is 12.9. The first-order valence-electron chi connectivity index (χ1n) is 4.64. The van der Waals surface area contributed by atoms with Crippen molar-refractivity contribution in [1.29, 1.82) is 0 Å². The Kier molecular flexibility index (Phi) is 5.06. The molecule has 0 atom stereocenters. The minimum absolute atomic E-state index is 0.234. The van der Waals surface area contributed by atoms with Crippen molar-refractivity contribution >= 4 is 51.9 Å². The molecular formula is C12H9Cl3O2. The van der Waals surface area contributed by atoms with Crippen LogP contribution in [0.2, 0.25) is 0 Å². The second-order valence-electron chi connectivity index (χ2n) is 3.16. The van der Waals surface area contributed by atoms with Crippen LogP contribution < -0.4 is 0 Å². The zero-order valence-corrected chi connectivity index (χ0v) is 10.9. The van der Waals surface area contributed by atoms with Crippen LogP contribution in [0, 0.1) is 0 Å². The molecule has 0 bridgehead atoms. The molecule has 0 saturated heterocycles. The fraction of sp³-hybridized carbons (Fsp3) is 0.0833. The number of fused-ring (bicyclic) bond motifs is 1. The Morgan fingerprint density at radius 3 is 2.06 bits per heavy atom. The topological polar surface area (TPSA) is 37.3 Å². The van der Waals surface area contributed by atoms with Gasteiger partial charge in [0, 0.05) is 5.39 Å². The Morgan fingerprint density at radius 1 is 1.00 bits per heavy atom. The molecule has 0 aliphatic carbocycles. The summed E-state index contributed by atoms with van der Waals surface area (Å²) >= 11 is 14.6. The summed E-state index contributed by atoms with van der Waals surface area (Å²) in [5.74, 6) is 0.350. The molecule has 17 heavy (non-hydrogen) atoms. The van der Waals surface area contributed by atoms with Crippen molar-refractivity contribution in [2.24, 2.45) is 0 Å². The van der Waals surface area contributed by atoms with E-state index in [4.69, 9.17) is 34.8 Å². The lowest BCUT2D eigenvalue weighted by Gasteiger charge is -1.97. The second-order valence-corrected chi connectivity index (χ2v) is 5.53. The van der Waals surface area contributed by atoms with Gasteiger partial charge in [0.2, 0.25) is 3.79 Å². The van der Waals surface area contributed by atoms with Crippen molar-refractivity contribution in [3.8, 4) is 5.75 Å². The van der Waals surface area contributed by atoms with Crippen LogP contribution in [-0.4, -0.2) is 15.2 Å². The predicted molar refractivity (Wildman–Crippen MR) is 72.0 cm³/mol. The van der Waals surface area contributed by atoms with Gasteiger partial charge in [-0.25, -0.2) is 0 Å². The first-order chi connectivity index (χ1) is 7.94. The summed E-state index contributed by atoms with van der Waals surface area (Å²) in [5, 5.41) is 11.4. The molecule has 0 saturated carbocycles. The quantitative estimate of drug-likeness (QED) is 0.586. The van der Waals surface area contributed by atoms with Crippen LogP contribution >= 0.6 is 34.8 Å². The molecule has 0 radical (unpaired) electrons. The minimum Gasteiger partial charge on any atom is -0.507 e. The SMILES string of the molecule is O=CC(Cl)(Cl)Cl.Oc1cccc2ccccc12. The van der Waals surface area contributed by atoms with Crippen molar-refractivity contribution < 1.29 is 9.90 Å². The lowest BCUT2D eigenvalue weighted by Crippen LogP contribution is -2.00. The first kappa shape index (κ1) is 14.1. The number of phenols is 1. The Morgan fingerprint density at radius 2 is 1.53 bits per heavy atom. The molecule has 0 aliphatic heterocycles. The Balaban J connectivity index is 0.000000209. The van der Waals surface area contributed by atoms with Gasteiger partial charge in [-0.05, 0) is 11.5 Å². The van der Waals surface area contributed by atoms with E-state index in [1.807, 2.05) is 36.4 Å². The average Bonchev–Trinajstić information content (AvgIpc) is 2.30. The number of hydrogen-bond acceptors (Lipinski definition) is 2. The fourth-order valence-corrected chi connectivity index (χ4v) is 1.21. The second kappa shape index (κ2) is 6.10. The van der Waals surface area contributed by atoms with Crippen molar-refractivity contribution in [3.05, 3.63) is 42.5 Å². The van der Waals surface area contributed by atoms with Gasteiger partial charge < -0.3 is 5.11 Å². The van der Waals surface area contributed by atoms with Gasteiger partial charge in [0.05, 0.1) is 0 Å². The molecule has 1 N–H and O–H groups in total. The van der Waals surface area contributed by atoms with Crippen LogP contribution in [0.5, 0.6) is 5.75 Å². The van der Waals surface area contributed by atoms with Crippen LogP contribution in [0.15, 0.2) is 42.5 Å². The highest BCUT2D eigenvalue weighted by atomic mass is 35.6. The molecule has 5 heteroatoms. The number of carbonyl (C=O) groups excluding carboxylic acids is 1. The summed E-state index contributed by atoms with van der Waals surface area (Å²) in [6, 6.07) is 13.3. The number of benzene rings is 2. The largest absolute Gasteiger partial charge is 0.507 e. The smallest absolute Gasteiger partial charge is 0.245 e. The Labute approximate surface area is 114 Å². The maximum Gasteiger partial charge on any atom is 0.245 e. The lowest BCUT2D eigenvalue weighted by molar-refractivity contribution is -0.107. The minimum atomic E-state index is -1.72. The van der Waals surface area contributed by atoms with Crippen molar-refractivity contribution in [1.82, 2.24) is 0 Å². The molecular weight excluding hydrogens is 282 g/mol. The number of aromatic hydroxyl groups is 1. The highest BCUT2D eigenvalue weighted by molar-refractivity contribution is 6.74. The average molecular weight is 292 g/mol. The van der Waals surface area contributed by atoms with Crippen LogP contribution in [0.3, 0.4) is 0 Å². The summed E-state index contributed by atoms with van der Waals surface area (Å²) in [7, 11) is 0. The Hall–Kier alpha value is -0.960. The summed E-state index contributed by atoms with van der Waals surface area (Å²) in [6.45, 7) is 0. The maximum absolute atomic E-state index is 9.43. The molecule has 0 unspecified atom stereocenters. The van der Waals surface area contributed by atoms with Gasteiger partial charge >= 0.3 is 0 Å². The van der Waals surface area contributed by atoms with Crippen LogP contribution in [0.25, 0.3) is 10.8 Å². The molecule has 0 spiro atoms. The molecule has 0 amide bonds. The normalized spacial score (nSPS) is 10.5. The van der Waals surface area contributed by atoms with Gasteiger partial charge in [-0.15, -0.1) is 0 Å². The van der Waals surface area contributed by atoms with Gasteiger partial charge in [-0.1, -0.05) is 71.2 Å². The molecule has 90 valence electrons. The molecule has 0 aromatic heterocycles. The third-order valence-corrected chi connectivity index (χ3v) is 2.17. The number of halogens is 3. The third-order valence-electron chi connectivity index (χ3n) is 1.90. The van der Waals surface area contributed by atoms with E-state index in [2.05, 4.69) is 0 Å². The number of rotatable bonds is 0. The molecule has 0 heterocycles. The summed E-state index contributed by atoms with van der Waals surface area (Å²) < 4.78 is -1.72. The molecule has 2 nitrogen and oxygen atoms in total. The van der Waals surface area contributed by atoms with E-state index in [1.165, 1.54) is 0 Å². The van der Waals surface area contributed by atoms with E-state index >= 15 is 0 Å². The van der Waals surface area contributed by atoms with Crippen LogP contribution in [-0.2, 0) is 4.79 Å². The fourth-order valence-electron chi connectivity index (χ4n) is 1.21. The van der Waals surface area contributed by atoms with Gasteiger partial charge in [0.25, 0.3) is 0 Å². The summed E-state index contributed by atoms with van der Waals surface area (Å²) in [4.78, 5) is 9.43. The van der Waals surface area contributed by atoms with E-state index in [0.29, 0.717) is 5.75 Å². The highest BCUT2D eigenvalue weighted by Crippen LogP contribution is 2.23. The Bertz CT molecular complexity index is 501. The number of phenolic OH excluding ortho intramolecular Hbond substituents is 1. The molecule has 2 aromatic carbocycles. The van der Waals surface area contributed by atoms with Crippen molar-refractivity contribution in [2.45, 2.75) is 3.79 Å². The number of carbonyl (C=O) groups is 1. The standard InChI is InChI=1S/C10H8O.C2HCl3O/c11-10-7-3-5-8-4-1-2-6-9(8)10;3-2(4,5)1-6/h1-7,11H;1H. The van der Waals surface area contributed by atoms with Crippen LogP contribution in [0.4, 0.5) is 0 Å². The predicted octanol–water partition coefficient (Wildman–Crippen LogP) is 4.10. The lowest BCUT2D eigenvalue weighted by atomic mass is 10.1. The van der Waals surface area contributed by atoms with E-state index in [0.717, 1.165) is 10.8 Å². The van der Waals surface area contributed by atoms with Gasteiger partial charge in [-0.2, -0.15) is 0 Å². The van der Waals surface area contributed by atoms with Crippen molar-refractivity contribution in [3.63, 3.8) is 0 Å². The number of hydrogen-bond donors (Lipinski definition) is 1. The van der Waals surface area contributed by atoms with Gasteiger partial charge in [0.1, 0.15) is 5.75 Å². The van der Waals surface area contributed by atoms with E-state index in [-0.39, 0.29) is 6.29 Å². The molecule has 2 aromatic rings. The monoisotopic (exact) mass is 290 g/mol. The molecule has 0 fully saturated rings.